The fraction of sp³-hybridized carbons (Fsp3) is 0.529. The van der Waals surface area contributed by atoms with Gasteiger partial charge in [-0.1, -0.05) is 51.2 Å². The molecule has 0 fully saturated rings. The maximum Gasteiger partial charge on any atom is 0.240 e. The molecule has 0 aromatic heterocycles. The molecule has 0 heterocycles. The zero-order valence-corrected chi connectivity index (χ0v) is 13.1. The van der Waals surface area contributed by atoms with Gasteiger partial charge < -0.3 is 5.11 Å². The molecular formula is C17H26N2O2. The van der Waals surface area contributed by atoms with Crippen LogP contribution in [0.3, 0.4) is 0 Å². The molecule has 116 valence electrons. The van der Waals surface area contributed by atoms with Crippen LogP contribution >= 0.6 is 0 Å². The number of carbonyl (C=O) groups is 1. The summed E-state index contributed by atoms with van der Waals surface area (Å²) in [5, 5.41) is 13.7. The second-order valence-corrected chi connectivity index (χ2v) is 5.27. The van der Waals surface area contributed by atoms with Gasteiger partial charge in [0.1, 0.15) is 5.75 Å². The zero-order chi connectivity index (χ0) is 15.5. The van der Waals surface area contributed by atoms with E-state index in [2.05, 4.69) is 17.5 Å². The second-order valence-electron chi connectivity index (χ2n) is 5.27. The first-order valence-electron chi connectivity index (χ1n) is 7.76. The summed E-state index contributed by atoms with van der Waals surface area (Å²) in [6.07, 6.45) is 7.46. The number of aromatic hydroxyl groups is 1. The number of rotatable bonds is 9. The third kappa shape index (κ3) is 6.93. The van der Waals surface area contributed by atoms with E-state index in [1.807, 2.05) is 6.07 Å². The summed E-state index contributed by atoms with van der Waals surface area (Å²) in [4.78, 5) is 11.7. The second kappa shape index (κ2) is 9.97. The van der Waals surface area contributed by atoms with E-state index in [0.29, 0.717) is 17.7 Å². The Labute approximate surface area is 127 Å². The minimum Gasteiger partial charge on any atom is -0.507 e. The molecular weight excluding hydrogens is 264 g/mol. The number of hydrogen-bond donors (Lipinski definition) is 2. The molecule has 0 saturated heterocycles. The third-order valence-electron chi connectivity index (χ3n) is 3.40. The van der Waals surface area contributed by atoms with Gasteiger partial charge in [-0.25, -0.2) is 5.43 Å². The Morgan fingerprint density at radius 1 is 1.14 bits per heavy atom. The lowest BCUT2D eigenvalue weighted by Gasteiger charge is -2.05. The molecule has 0 unspecified atom stereocenters. The van der Waals surface area contributed by atoms with E-state index in [9.17, 15) is 9.90 Å². The predicted octanol–water partition coefficient (Wildman–Crippen LogP) is 3.98. The van der Waals surface area contributed by atoms with Crippen molar-refractivity contribution in [3.63, 3.8) is 0 Å². The molecule has 4 nitrogen and oxygen atoms in total. The average Bonchev–Trinajstić information content (AvgIpc) is 2.49. The van der Waals surface area contributed by atoms with E-state index in [1.54, 1.807) is 25.1 Å². The van der Waals surface area contributed by atoms with E-state index in [1.165, 1.54) is 25.7 Å². The fourth-order valence-electron chi connectivity index (χ4n) is 2.11. The molecule has 0 bridgehead atoms. The Morgan fingerprint density at radius 2 is 1.81 bits per heavy atom. The third-order valence-corrected chi connectivity index (χ3v) is 3.40. The normalized spacial score (nSPS) is 11.4. The molecule has 4 heteroatoms. The maximum absolute atomic E-state index is 11.7. The van der Waals surface area contributed by atoms with Crippen LogP contribution in [0.1, 0.15) is 64.4 Å². The minimum atomic E-state index is -0.0692. The van der Waals surface area contributed by atoms with Gasteiger partial charge in [-0.15, -0.1) is 0 Å². The molecule has 1 amide bonds. The Balaban J connectivity index is 2.29. The number of nitrogens with one attached hydrogen (secondary N) is 1. The molecule has 21 heavy (non-hydrogen) atoms. The highest BCUT2D eigenvalue weighted by Crippen LogP contribution is 2.16. The smallest absolute Gasteiger partial charge is 0.240 e. The number of benzene rings is 1. The van der Waals surface area contributed by atoms with Crippen LogP contribution in [-0.4, -0.2) is 16.7 Å². The summed E-state index contributed by atoms with van der Waals surface area (Å²) < 4.78 is 0. The number of carbonyl (C=O) groups excluding carboxylic acids is 1. The van der Waals surface area contributed by atoms with Crippen molar-refractivity contribution in [2.45, 2.75) is 58.8 Å². The highest BCUT2D eigenvalue weighted by atomic mass is 16.3. The minimum absolute atomic E-state index is 0.0692. The van der Waals surface area contributed by atoms with E-state index in [-0.39, 0.29) is 11.7 Å². The van der Waals surface area contributed by atoms with Gasteiger partial charge in [0.15, 0.2) is 0 Å². The number of amides is 1. The number of phenols is 1. The Morgan fingerprint density at radius 3 is 2.52 bits per heavy atom. The number of nitrogens with zero attached hydrogens (tertiary/aromatic N) is 1. The highest BCUT2D eigenvalue weighted by Gasteiger charge is 2.04. The van der Waals surface area contributed by atoms with Crippen LogP contribution in [-0.2, 0) is 4.79 Å². The maximum atomic E-state index is 11.7. The van der Waals surface area contributed by atoms with Gasteiger partial charge in [0, 0.05) is 12.0 Å². The summed E-state index contributed by atoms with van der Waals surface area (Å²) in [6.45, 7) is 3.96. The monoisotopic (exact) mass is 290 g/mol. The van der Waals surface area contributed by atoms with Crippen molar-refractivity contribution >= 4 is 11.6 Å². The van der Waals surface area contributed by atoms with Gasteiger partial charge in [-0.05, 0) is 25.5 Å². The van der Waals surface area contributed by atoms with Crippen molar-refractivity contribution in [3.05, 3.63) is 29.8 Å². The van der Waals surface area contributed by atoms with Crippen molar-refractivity contribution in [3.8, 4) is 5.75 Å². The van der Waals surface area contributed by atoms with Crippen molar-refractivity contribution in [2.24, 2.45) is 5.10 Å². The van der Waals surface area contributed by atoms with E-state index in [4.69, 9.17) is 0 Å². The van der Waals surface area contributed by atoms with Gasteiger partial charge in [-0.2, -0.15) is 5.10 Å². The molecule has 0 spiro atoms. The van der Waals surface area contributed by atoms with Crippen LogP contribution in [0.15, 0.2) is 29.4 Å². The highest BCUT2D eigenvalue weighted by molar-refractivity contribution is 6.01. The summed E-state index contributed by atoms with van der Waals surface area (Å²) in [5.41, 5.74) is 3.79. The average molecular weight is 290 g/mol. The summed E-state index contributed by atoms with van der Waals surface area (Å²) >= 11 is 0. The Kier molecular flexibility index (Phi) is 8.17. The van der Waals surface area contributed by atoms with E-state index < -0.39 is 0 Å². The van der Waals surface area contributed by atoms with E-state index >= 15 is 0 Å². The van der Waals surface area contributed by atoms with Crippen LogP contribution in [0, 0.1) is 0 Å². The lowest BCUT2D eigenvalue weighted by molar-refractivity contribution is -0.121. The molecule has 0 aliphatic rings. The fourth-order valence-corrected chi connectivity index (χ4v) is 2.11. The lowest BCUT2D eigenvalue weighted by atomic mass is 10.1. The van der Waals surface area contributed by atoms with Crippen molar-refractivity contribution in [2.75, 3.05) is 0 Å². The molecule has 1 aromatic rings. The summed E-state index contributed by atoms with van der Waals surface area (Å²) in [6, 6.07) is 6.95. The van der Waals surface area contributed by atoms with Crippen LogP contribution in [0.5, 0.6) is 5.75 Å². The zero-order valence-electron chi connectivity index (χ0n) is 13.1. The molecule has 0 atom stereocenters. The summed E-state index contributed by atoms with van der Waals surface area (Å²) in [7, 11) is 0. The first kappa shape index (κ1) is 17.2. The lowest BCUT2D eigenvalue weighted by Crippen LogP contribution is -2.18. The van der Waals surface area contributed by atoms with Crippen LogP contribution in [0.2, 0.25) is 0 Å². The first-order valence-corrected chi connectivity index (χ1v) is 7.76. The number of unbranched alkanes of at least 4 members (excludes halogenated alkanes) is 5. The molecule has 1 rings (SSSR count). The molecule has 2 N–H and O–H groups in total. The van der Waals surface area contributed by atoms with Crippen LogP contribution < -0.4 is 5.43 Å². The molecule has 0 aliphatic heterocycles. The predicted molar refractivity (Wildman–Crippen MR) is 86.5 cm³/mol. The molecule has 1 aromatic carbocycles. The standard InChI is InChI=1S/C17H26N2O2/c1-3-4-5-6-7-8-13-17(21)19-18-14(2)15-11-9-10-12-16(15)20/h9-12,20H,3-8,13H2,1-2H3,(H,19,21). The van der Waals surface area contributed by atoms with Gasteiger partial charge in [0.25, 0.3) is 0 Å². The van der Waals surface area contributed by atoms with Gasteiger partial charge in [0.2, 0.25) is 5.91 Å². The number of phenolic OH excluding ortho intramolecular Hbond substituents is 1. The van der Waals surface area contributed by atoms with Gasteiger partial charge in [0.05, 0.1) is 5.71 Å². The molecule has 0 aliphatic carbocycles. The van der Waals surface area contributed by atoms with Crippen molar-refractivity contribution in [1.82, 2.24) is 5.43 Å². The molecule has 0 radical (unpaired) electrons. The van der Waals surface area contributed by atoms with Crippen LogP contribution in [0.25, 0.3) is 0 Å². The van der Waals surface area contributed by atoms with Gasteiger partial charge in [-0.3, -0.25) is 4.79 Å². The Bertz CT molecular complexity index is 470. The number of hydrogen-bond acceptors (Lipinski definition) is 3. The quantitative estimate of drug-likeness (QED) is 0.410. The molecule has 0 saturated carbocycles. The van der Waals surface area contributed by atoms with Crippen LogP contribution in [0.4, 0.5) is 0 Å². The topological polar surface area (TPSA) is 61.7 Å². The number of para-hydroxylation sites is 1. The van der Waals surface area contributed by atoms with Crippen molar-refractivity contribution < 1.29 is 9.90 Å². The number of hydrazone groups is 1. The SMILES string of the molecule is CCCCCCCCC(=O)NN=C(C)c1ccccc1O. The van der Waals surface area contributed by atoms with Crippen molar-refractivity contribution in [1.29, 1.82) is 0 Å². The first-order chi connectivity index (χ1) is 10.1. The van der Waals surface area contributed by atoms with Gasteiger partial charge >= 0.3 is 0 Å². The van der Waals surface area contributed by atoms with E-state index in [0.717, 1.165) is 12.8 Å². The Hall–Kier alpha value is -1.84. The largest absolute Gasteiger partial charge is 0.507 e. The summed E-state index contributed by atoms with van der Waals surface area (Å²) in [5.74, 6) is 0.101.